The first-order chi connectivity index (χ1) is 11.5. The maximum absolute atomic E-state index is 12.4. The number of carbonyl (C=O) groups excluding carboxylic acids is 1. The number of nitrogens with zero attached hydrogens (tertiary/aromatic N) is 2. The summed E-state index contributed by atoms with van der Waals surface area (Å²) in [4.78, 5) is 14.2. The highest BCUT2D eigenvalue weighted by Gasteiger charge is 2.34. The van der Waals surface area contributed by atoms with E-state index in [-0.39, 0.29) is 16.0 Å². The predicted octanol–water partition coefficient (Wildman–Crippen LogP) is 2.96. The Morgan fingerprint density at radius 2 is 1.96 bits per heavy atom. The largest absolute Gasteiger partial charge is 0.465 e. The van der Waals surface area contributed by atoms with E-state index in [1.807, 2.05) is 0 Å². The Kier molecular flexibility index (Phi) is 4.59. The van der Waals surface area contributed by atoms with E-state index in [1.54, 1.807) is 43.3 Å². The number of carbonyl (C=O) groups is 1. The molecular formula is C16H14N2O4S2. The van der Waals surface area contributed by atoms with Crippen LogP contribution in [0.1, 0.15) is 12.7 Å². The monoisotopic (exact) mass is 362 g/mol. The van der Waals surface area contributed by atoms with E-state index >= 15 is 0 Å². The molecule has 6 nitrogen and oxygen atoms in total. The zero-order chi connectivity index (χ0) is 17.2. The van der Waals surface area contributed by atoms with Crippen LogP contribution in [0.3, 0.4) is 0 Å². The molecule has 1 aromatic carbocycles. The van der Waals surface area contributed by atoms with Crippen LogP contribution in [0.25, 0.3) is 6.08 Å². The smallest absolute Gasteiger partial charge is 0.284 e. The fourth-order valence-corrected chi connectivity index (χ4v) is 4.35. The molecule has 1 saturated heterocycles. The van der Waals surface area contributed by atoms with E-state index in [0.29, 0.717) is 17.2 Å². The van der Waals surface area contributed by atoms with Gasteiger partial charge in [0.25, 0.3) is 15.9 Å². The number of amidine groups is 1. The van der Waals surface area contributed by atoms with Gasteiger partial charge in [0.15, 0.2) is 5.17 Å². The van der Waals surface area contributed by atoms with Crippen molar-refractivity contribution in [2.45, 2.75) is 11.8 Å². The lowest BCUT2D eigenvalue weighted by atomic mass is 10.3. The summed E-state index contributed by atoms with van der Waals surface area (Å²) in [7, 11) is -3.87. The Hall–Kier alpha value is -2.32. The second kappa shape index (κ2) is 6.66. The maximum atomic E-state index is 12.4. The van der Waals surface area contributed by atoms with Gasteiger partial charge in [0, 0.05) is 12.6 Å². The molecule has 1 amide bonds. The van der Waals surface area contributed by atoms with Crippen LogP contribution in [-0.4, -0.2) is 30.9 Å². The van der Waals surface area contributed by atoms with Gasteiger partial charge < -0.3 is 4.42 Å². The van der Waals surface area contributed by atoms with Gasteiger partial charge in [-0.1, -0.05) is 18.2 Å². The van der Waals surface area contributed by atoms with Crippen LogP contribution in [0, 0.1) is 0 Å². The number of hydrogen-bond acceptors (Lipinski definition) is 5. The molecule has 8 heteroatoms. The highest BCUT2D eigenvalue weighted by molar-refractivity contribution is 8.19. The van der Waals surface area contributed by atoms with Crippen molar-refractivity contribution in [3.05, 3.63) is 59.4 Å². The van der Waals surface area contributed by atoms with Crippen LogP contribution in [0.2, 0.25) is 0 Å². The second-order valence-electron chi connectivity index (χ2n) is 4.84. The van der Waals surface area contributed by atoms with Crippen LogP contribution in [0.5, 0.6) is 0 Å². The normalized spacial score (nSPS) is 18.7. The van der Waals surface area contributed by atoms with Gasteiger partial charge in [-0.3, -0.25) is 9.69 Å². The predicted molar refractivity (Wildman–Crippen MR) is 92.7 cm³/mol. The third-order valence-electron chi connectivity index (χ3n) is 3.26. The summed E-state index contributed by atoms with van der Waals surface area (Å²) in [6.07, 6.45) is 3.08. The Labute approximate surface area is 143 Å². The Bertz CT molecular complexity index is 901. The van der Waals surface area contributed by atoms with Crippen molar-refractivity contribution < 1.29 is 17.6 Å². The molecule has 24 heavy (non-hydrogen) atoms. The fourth-order valence-electron chi connectivity index (χ4n) is 2.11. The summed E-state index contributed by atoms with van der Waals surface area (Å²) in [5.74, 6) is 0.231. The van der Waals surface area contributed by atoms with Crippen LogP contribution in [0.4, 0.5) is 0 Å². The van der Waals surface area contributed by atoms with Gasteiger partial charge in [0.2, 0.25) is 0 Å². The molecule has 2 heterocycles. The van der Waals surface area contributed by atoms with Crippen molar-refractivity contribution in [1.82, 2.24) is 4.90 Å². The second-order valence-corrected chi connectivity index (χ2v) is 7.45. The molecule has 1 fully saturated rings. The molecule has 1 aliphatic heterocycles. The third-order valence-corrected chi connectivity index (χ3v) is 5.66. The van der Waals surface area contributed by atoms with Gasteiger partial charge in [-0.25, -0.2) is 0 Å². The lowest BCUT2D eigenvalue weighted by molar-refractivity contribution is -0.122. The van der Waals surface area contributed by atoms with Crippen LogP contribution in [0.15, 0.2) is 67.3 Å². The first-order valence-corrected chi connectivity index (χ1v) is 9.42. The molecule has 0 N–H and O–H groups in total. The summed E-state index contributed by atoms with van der Waals surface area (Å²) in [5.41, 5.74) is 0. The summed E-state index contributed by atoms with van der Waals surface area (Å²) in [6, 6.07) is 11.3. The number of likely N-dealkylation sites (N-methyl/N-ethyl adjacent to an activating group) is 1. The van der Waals surface area contributed by atoms with Gasteiger partial charge in [0.05, 0.1) is 16.1 Å². The van der Waals surface area contributed by atoms with Crippen LogP contribution < -0.4 is 0 Å². The molecule has 0 aliphatic carbocycles. The zero-order valence-electron chi connectivity index (χ0n) is 12.7. The van der Waals surface area contributed by atoms with Crippen LogP contribution in [-0.2, 0) is 14.8 Å². The third kappa shape index (κ3) is 3.29. The molecule has 0 radical (unpaired) electrons. The molecule has 3 rings (SSSR count). The number of rotatable bonds is 4. The number of furan rings is 1. The SMILES string of the molecule is CCN1C(=O)/C(=C\c2ccco2)S/C1=N\S(=O)(=O)c1ccccc1. The van der Waals surface area contributed by atoms with Gasteiger partial charge in [0.1, 0.15) is 5.76 Å². The molecule has 0 saturated carbocycles. The minimum atomic E-state index is -3.87. The van der Waals surface area contributed by atoms with Crippen molar-refractivity contribution in [2.24, 2.45) is 4.40 Å². The van der Waals surface area contributed by atoms with Crippen molar-refractivity contribution >= 4 is 38.9 Å². The highest BCUT2D eigenvalue weighted by atomic mass is 32.2. The quantitative estimate of drug-likeness (QED) is 0.781. The van der Waals surface area contributed by atoms with Crippen LogP contribution >= 0.6 is 11.8 Å². The van der Waals surface area contributed by atoms with E-state index < -0.39 is 10.0 Å². The van der Waals surface area contributed by atoms with Crippen molar-refractivity contribution in [3.8, 4) is 0 Å². The lowest BCUT2D eigenvalue weighted by Crippen LogP contribution is -2.29. The van der Waals surface area contributed by atoms with Gasteiger partial charge >= 0.3 is 0 Å². The minimum Gasteiger partial charge on any atom is -0.465 e. The average molecular weight is 362 g/mol. The summed E-state index contributed by atoms with van der Waals surface area (Å²) >= 11 is 1.02. The standard InChI is InChI=1S/C16H14N2O4S2/c1-2-18-15(19)14(11-12-7-6-10-22-12)23-16(18)17-24(20,21)13-8-4-3-5-9-13/h3-11H,2H2,1H3/b14-11+,17-16-. The van der Waals surface area contributed by atoms with E-state index in [9.17, 15) is 13.2 Å². The molecular weight excluding hydrogens is 348 g/mol. The first-order valence-electron chi connectivity index (χ1n) is 7.16. The highest BCUT2D eigenvalue weighted by Crippen LogP contribution is 2.33. The topological polar surface area (TPSA) is 80.0 Å². The number of benzene rings is 1. The number of thioether (sulfide) groups is 1. The van der Waals surface area contributed by atoms with E-state index in [1.165, 1.54) is 23.3 Å². The van der Waals surface area contributed by atoms with Crippen molar-refractivity contribution in [2.75, 3.05) is 6.54 Å². The summed E-state index contributed by atoms with van der Waals surface area (Å²) in [6.45, 7) is 2.09. The molecule has 124 valence electrons. The Morgan fingerprint density at radius 1 is 1.21 bits per heavy atom. The van der Waals surface area contributed by atoms with E-state index in [2.05, 4.69) is 4.40 Å². The van der Waals surface area contributed by atoms with E-state index in [0.717, 1.165) is 11.8 Å². The zero-order valence-corrected chi connectivity index (χ0v) is 14.4. The first kappa shape index (κ1) is 16.5. The maximum Gasteiger partial charge on any atom is 0.284 e. The fraction of sp³-hybridized carbons (Fsp3) is 0.125. The lowest BCUT2D eigenvalue weighted by Gasteiger charge is -2.11. The number of amides is 1. The molecule has 1 aromatic heterocycles. The van der Waals surface area contributed by atoms with Crippen molar-refractivity contribution in [3.63, 3.8) is 0 Å². The van der Waals surface area contributed by atoms with Gasteiger partial charge in [-0.15, -0.1) is 4.40 Å². The Morgan fingerprint density at radius 3 is 2.58 bits per heavy atom. The summed E-state index contributed by atoms with van der Waals surface area (Å²) in [5, 5.41) is 0.143. The average Bonchev–Trinajstić information content (AvgIpc) is 3.17. The van der Waals surface area contributed by atoms with Crippen molar-refractivity contribution in [1.29, 1.82) is 0 Å². The molecule has 2 aromatic rings. The molecule has 0 unspecified atom stereocenters. The number of hydrogen-bond donors (Lipinski definition) is 0. The molecule has 1 aliphatic rings. The Balaban J connectivity index is 1.97. The minimum absolute atomic E-state index is 0.0880. The molecule has 0 atom stereocenters. The number of sulfonamides is 1. The van der Waals surface area contributed by atoms with Gasteiger partial charge in [-0.2, -0.15) is 8.42 Å². The molecule has 0 spiro atoms. The molecule has 0 bridgehead atoms. The summed E-state index contributed by atoms with van der Waals surface area (Å²) < 4.78 is 33.9. The van der Waals surface area contributed by atoms with Gasteiger partial charge in [-0.05, 0) is 43.0 Å². The van der Waals surface area contributed by atoms with E-state index in [4.69, 9.17) is 4.42 Å².